The molecule has 0 saturated carbocycles. The summed E-state index contributed by atoms with van der Waals surface area (Å²) in [5.41, 5.74) is 5.55. The van der Waals surface area contributed by atoms with E-state index in [-0.39, 0.29) is 17.2 Å². The van der Waals surface area contributed by atoms with Gasteiger partial charge >= 0.3 is 0 Å². The number of guanidine groups is 1. The predicted octanol–water partition coefficient (Wildman–Crippen LogP) is 3.00. The minimum Gasteiger partial charge on any atom is -0.370 e. The molecule has 0 aliphatic carbocycles. The standard InChI is InChI=1S/C11H15ClFN3/c1-11(2,3)16-10(14)15-9-6-7(12)4-5-8(9)13/h4-6H,1-3H3,(H3,14,15,16). The number of nitrogens with zero attached hydrogens (tertiary/aromatic N) is 1. The maximum Gasteiger partial charge on any atom is 0.193 e. The second-order valence-corrected chi connectivity index (χ2v) is 4.85. The van der Waals surface area contributed by atoms with Crippen molar-refractivity contribution in [3.05, 3.63) is 29.0 Å². The van der Waals surface area contributed by atoms with Gasteiger partial charge in [0, 0.05) is 5.02 Å². The zero-order valence-corrected chi connectivity index (χ0v) is 10.3. The fourth-order valence-corrected chi connectivity index (χ4v) is 1.29. The Morgan fingerprint density at radius 3 is 2.62 bits per heavy atom. The molecule has 1 aromatic carbocycles. The highest BCUT2D eigenvalue weighted by Crippen LogP contribution is 2.19. The molecular formula is C11H15ClFN3. The summed E-state index contributed by atoms with van der Waals surface area (Å²) in [5, 5.41) is 3.11. The van der Waals surface area contributed by atoms with E-state index >= 15 is 0 Å². The Labute approximate surface area is 99.5 Å². The molecule has 1 rings (SSSR count). The van der Waals surface area contributed by atoms with Gasteiger partial charge in [-0.25, -0.2) is 9.38 Å². The first-order valence-corrected chi connectivity index (χ1v) is 5.23. The van der Waals surface area contributed by atoms with Crippen molar-refractivity contribution >= 4 is 23.2 Å². The molecule has 0 atom stereocenters. The molecule has 0 radical (unpaired) electrons. The van der Waals surface area contributed by atoms with Gasteiger partial charge in [-0.3, -0.25) is 0 Å². The summed E-state index contributed by atoms with van der Waals surface area (Å²) in [7, 11) is 0. The SMILES string of the molecule is CC(C)(C)N=C(N)Nc1cc(Cl)ccc1F. The van der Waals surface area contributed by atoms with E-state index in [1.54, 1.807) is 0 Å². The van der Waals surface area contributed by atoms with Crippen LogP contribution in [0.3, 0.4) is 0 Å². The van der Waals surface area contributed by atoms with Crippen molar-refractivity contribution in [1.82, 2.24) is 0 Å². The topological polar surface area (TPSA) is 50.4 Å². The third kappa shape index (κ3) is 4.06. The molecule has 0 fully saturated rings. The van der Waals surface area contributed by atoms with Crippen LogP contribution in [0.1, 0.15) is 20.8 Å². The molecule has 0 aliphatic heterocycles. The summed E-state index contributed by atoms with van der Waals surface area (Å²) >= 11 is 5.75. The molecule has 0 bridgehead atoms. The van der Waals surface area contributed by atoms with Crippen LogP contribution >= 0.6 is 11.6 Å². The Morgan fingerprint density at radius 1 is 1.44 bits per heavy atom. The van der Waals surface area contributed by atoms with Gasteiger partial charge in [0.15, 0.2) is 5.96 Å². The molecule has 0 amide bonds. The average molecular weight is 244 g/mol. The molecule has 0 unspecified atom stereocenters. The minimum absolute atomic E-state index is 0.161. The first-order valence-electron chi connectivity index (χ1n) is 4.85. The molecule has 88 valence electrons. The van der Waals surface area contributed by atoms with E-state index in [4.69, 9.17) is 17.3 Å². The predicted molar refractivity (Wildman–Crippen MR) is 66.4 cm³/mol. The third-order valence-corrected chi connectivity index (χ3v) is 1.88. The summed E-state index contributed by atoms with van der Waals surface area (Å²) in [6, 6.07) is 4.20. The molecule has 3 N–H and O–H groups in total. The van der Waals surface area contributed by atoms with Crippen molar-refractivity contribution < 1.29 is 4.39 Å². The van der Waals surface area contributed by atoms with Crippen molar-refractivity contribution in [3.8, 4) is 0 Å². The quantitative estimate of drug-likeness (QED) is 0.589. The Hall–Kier alpha value is -1.29. The van der Waals surface area contributed by atoms with Crippen LogP contribution in [0, 0.1) is 5.82 Å². The maximum absolute atomic E-state index is 13.3. The van der Waals surface area contributed by atoms with E-state index in [1.165, 1.54) is 18.2 Å². The van der Waals surface area contributed by atoms with Crippen molar-refractivity contribution in [3.63, 3.8) is 0 Å². The number of hydrogen-bond donors (Lipinski definition) is 2. The molecule has 0 heterocycles. The van der Waals surface area contributed by atoms with Gasteiger partial charge in [0.05, 0.1) is 11.2 Å². The summed E-state index contributed by atoms with van der Waals surface area (Å²) in [4.78, 5) is 4.15. The smallest absolute Gasteiger partial charge is 0.193 e. The summed E-state index contributed by atoms with van der Waals surface area (Å²) in [6.07, 6.45) is 0. The van der Waals surface area contributed by atoms with Gasteiger partial charge in [-0.1, -0.05) is 11.6 Å². The minimum atomic E-state index is -0.420. The van der Waals surface area contributed by atoms with Crippen molar-refractivity contribution in [2.45, 2.75) is 26.3 Å². The molecule has 1 aromatic rings. The normalized spacial score (nSPS) is 12.7. The lowest BCUT2D eigenvalue weighted by Gasteiger charge is -2.14. The Bertz CT molecular complexity index is 410. The molecule has 5 heteroatoms. The number of hydrogen-bond acceptors (Lipinski definition) is 1. The highest BCUT2D eigenvalue weighted by Gasteiger charge is 2.09. The van der Waals surface area contributed by atoms with E-state index in [0.29, 0.717) is 5.02 Å². The van der Waals surface area contributed by atoms with Crippen LogP contribution in [0.5, 0.6) is 0 Å². The van der Waals surface area contributed by atoms with Gasteiger partial charge in [-0.05, 0) is 39.0 Å². The van der Waals surface area contributed by atoms with E-state index < -0.39 is 5.82 Å². The molecule has 0 spiro atoms. The first-order chi connectivity index (χ1) is 7.28. The maximum atomic E-state index is 13.3. The molecule has 16 heavy (non-hydrogen) atoms. The number of halogens is 2. The van der Waals surface area contributed by atoms with E-state index in [2.05, 4.69) is 10.3 Å². The highest BCUT2D eigenvalue weighted by atomic mass is 35.5. The van der Waals surface area contributed by atoms with Crippen LogP contribution in [-0.4, -0.2) is 11.5 Å². The molecule has 3 nitrogen and oxygen atoms in total. The number of nitrogens with two attached hydrogens (primary N) is 1. The number of nitrogens with one attached hydrogen (secondary N) is 1. The van der Waals surface area contributed by atoms with E-state index in [0.717, 1.165) is 0 Å². The van der Waals surface area contributed by atoms with E-state index in [9.17, 15) is 4.39 Å². The van der Waals surface area contributed by atoms with Crippen LogP contribution in [0.25, 0.3) is 0 Å². The van der Waals surface area contributed by atoms with Gasteiger partial charge in [-0.2, -0.15) is 0 Å². The number of anilines is 1. The lowest BCUT2D eigenvalue weighted by molar-refractivity contribution is 0.582. The van der Waals surface area contributed by atoms with Gasteiger partial charge in [0.2, 0.25) is 0 Å². The van der Waals surface area contributed by atoms with Crippen molar-refractivity contribution in [2.75, 3.05) is 5.32 Å². The second kappa shape index (κ2) is 4.70. The van der Waals surface area contributed by atoms with Gasteiger partial charge in [0.25, 0.3) is 0 Å². The number of rotatable bonds is 1. The molecule has 0 saturated heterocycles. The zero-order valence-electron chi connectivity index (χ0n) is 9.51. The Balaban J connectivity index is 2.89. The fraction of sp³-hybridized carbons (Fsp3) is 0.364. The summed E-state index contributed by atoms with van der Waals surface area (Å²) < 4.78 is 13.3. The van der Waals surface area contributed by atoms with Crippen LogP contribution < -0.4 is 11.1 Å². The van der Waals surface area contributed by atoms with Crippen LogP contribution in [-0.2, 0) is 0 Å². The number of aliphatic imine (C=N–C) groups is 1. The first kappa shape index (κ1) is 12.8. The number of benzene rings is 1. The second-order valence-electron chi connectivity index (χ2n) is 4.42. The summed E-state index contributed by atoms with van der Waals surface area (Å²) in [5.74, 6) is -0.259. The highest BCUT2D eigenvalue weighted by molar-refractivity contribution is 6.30. The fourth-order valence-electron chi connectivity index (χ4n) is 1.12. The summed E-state index contributed by atoms with van der Waals surface area (Å²) in [6.45, 7) is 5.70. The lowest BCUT2D eigenvalue weighted by atomic mass is 10.1. The monoisotopic (exact) mass is 243 g/mol. The Kier molecular flexibility index (Phi) is 3.75. The van der Waals surface area contributed by atoms with Gasteiger partial charge < -0.3 is 11.1 Å². The van der Waals surface area contributed by atoms with Crippen LogP contribution in [0.4, 0.5) is 10.1 Å². The van der Waals surface area contributed by atoms with Crippen LogP contribution in [0.2, 0.25) is 5.02 Å². The molecule has 0 aliphatic rings. The third-order valence-electron chi connectivity index (χ3n) is 1.65. The molecule has 0 aromatic heterocycles. The zero-order chi connectivity index (χ0) is 12.3. The van der Waals surface area contributed by atoms with Crippen molar-refractivity contribution in [2.24, 2.45) is 10.7 Å². The van der Waals surface area contributed by atoms with E-state index in [1.807, 2.05) is 20.8 Å². The molecular weight excluding hydrogens is 229 g/mol. The average Bonchev–Trinajstić information content (AvgIpc) is 2.08. The lowest BCUT2D eigenvalue weighted by Crippen LogP contribution is -2.27. The van der Waals surface area contributed by atoms with Gasteiger partial charge in [0.1, 0.15) is 5.82 Å². The van der Waals surface area contributed by atoms with Crippen LogP contribution in [0.15, 0.2) is 23.2 Å². The van der Waals surface area contributed by atoms with Crippen molar-refractivity contribution in [1.29, 1.82) is 0 Å². The Morgan fingerprint density at radius 2 is 2.06 bits per heavy atom. The largest absolute Gasteiger partial charge is 0.370 e. The van der Waals surface area contributed by atoms with Gasteiger partial charge in [-0.15, -0.1) is 0 Å².